The van der Waals surface area contributed by atoms with Gasteiger partial charge in [-0.2, -0.15) is 12.6 Å². The molecule has 21 heteroatoms. The molecule has 1 saturated heterocycles. The highest BCUT2D eigenvalue weighted by molar-refractivity contribution is 7.80. The largest absolute Gasteiger partial charge is 0.461 e. The Morgan fingerprint density at radius 1 is 0.877 bits per heavy atom. The standard InChI is InChI=1S/C44H46Cl6O14S/c1-21-26(62-38(57)30(52)31(65)23-12-8-6-9-13-23)17-42(58)34(63-35(54)24-14-10-7-11-15-24)32-40(5,33(53)28(29(21)39(42,3)4)37(56)61-20-44(48,49)50)25(36(55)60-19-43(45,46)47)16-27-41(32,18-59-27)64-22(2)51/h6-15,25-28,30-32,34,52,58,65H,16-20H2,1-5H3/t25-,26+,27-,28-,30-,31+,32+,34+,40-,41+,42-/m1/s1. The van der Waals surface area contributed by atoms with Gasteiger partial charge in [-0.1, -0.05) is 139 Å². The number of carbonyl (C=O) groups is 6. The first kappa shape index (κ1) is 51.6. The first-order valence-corrected chi connectivity index (χ1v) is 23.0. The number of aliphatic hydroxyl groups is 2. The van der Waals surface area contributed by atoms with Crippen LogP contribution in [0.5, 0.6) is 0 Å². The average molecular weight is 1040 g/mol. The third-order valence-electron chi connectivity index (χ3n) is 13.2. The van der Waals surface area contributed by atoms with E-state index in [-0.39, 0.29) is 16.7 Å². The Bertz CT molecular complexity index is 2230. The fourth-order valence-corrected chi connectivity index (χ4v) is 10.7. The number of aliphatic hydroxyl groups excluding tert-OH is 1. The third kappa shape index (κ3) is 9.75. The molecule has 2 N–H and O–H groups in total. The molecule has 0 amide bonds. The smallest absolute Gasteiger partial charge is 0.338 e. The highest BCUT2D eigenvalue weighted by Crippen LogP contribution is 2.66. The van der Waals surface area contributed by atoms with Gasteiger partial charge in [0.05, 0.1) is 34.7 Å². The molecule has 354 valence electrons. The van der Waals surface area contributed by atoms with E-state index in [0.717, 1.165) is 6.92 Å². The summed E-state index contributed by atoms with van der Waals surface area (Å²) in [6, 6.07) is 16.0. The van der Waals surface area contributed by atoms with E-state index in [1.54, 1.807) is 48.5 Å². The number of carbonyl (C=O) groups excluding carboxylic acids is 6. The Balaban J connectivity index is 1.65. The lowest BCUT2D eigenvalue weighted by Gasteiger charge is -2.67. The van der Waals surface area contributed by atoms with Crippen molar-refractivity contribution in [1.29, 1.82) is 0 Å². The second-order valence-electron chi connectivity index (χ2n) is 17.4. The van der Waals surface area contributed by atoms with Crippen molar-refractivity contribution in [2.45, 2.75) is 95.9 Å². The number of ether oxygens (including phenoxy) is 6. The fourth-order valence-electron chi connectivity index (χ4n) is 10.1. The van der Waals surface area contributed by atoms with Gasteiger partial charge in [-0.25, -0.2) is 9.59 Å². The molecule has 65 heavy (non-hydrogen) atoms. The highest BCUT2D eigenvalue weighted by Gasteiger charge is 2.79. The number of alkyl halides is 6. The summed E-state index contributed by atoms with van der Waals surface area (Å²) in [5.41, 5.74) is -8.43. The molecule has 0 spiro atoms. The monoisotopic (exact) mass is 1040 g/mol. The van der Waals surface area contributed by atoms with Gasteiger partial charge in [0, 0.05) is 18.8 Å². The number of hydrogen-bond donors (Lipinski definition) is 3. The predicted octanol–water partition coefficient (Wildman–Crippen LogP) is 7.00. The Labute approximate surface area is 410 Å². The quantitative estimate of drug-likeness (QED) is 0.0519. The zero-order chi connectivity index (χ0) is 48.2. The number of benzene rings is 2. The summed E-state index contributed by atoms with van der Waals surface area (Å²) in [5.74, 6) is -12.2. The normalized spacial score (nSPS) is 31.6. The van der Waals surface area contributed by atoms with Gasteiger partial charge in [-0.05, 0) is 42.2 Å². The van der Waals surface area contributed by atoms with Crippen LogP contribution in [0.25, 0.3) is 0 Å². The number of ketones is 1. The fraction of sp³-hybridized carbons (Fsp3) is 0.545. The van der Waals surface area contributed by atoms with Gasteiger partial charge < -0.3 is 38.6 Å². The molecule has 0 unspecified atom stereocenters. The van der Waals surface area contributed by atoms with Crippen molar-refractivity contribution in [1.82, 2.24) is 0 Å². The summed E-state index contributed by atoms with van der Waals surface area (Å²) < 4.78 is 31.3. The van der Waals surface area contributed by atoms with Crippen molar-refractivity contribution in [3.05, 3.63) is 82.9 Å². The van der Waals surface area contributed by atoms with Gasteiger partial charge in [0.2, 0.25) is 7.59 Å². The van der Waals surface area contributed by atoms with E-state index in [4.69, 9.17) is 98.0 Å². The van der Waals surface area contributed by atoms with Crippen LogP contribution in [0.3, 0.4) is 0 Å². The molecule has 1 aliphatic heterocycles. The van der Waals surface area contributed by atoms with E-state index < -0.39 is 145 Å². The van der Waals surface area contributed by atoms with Gasteiger partial charge in [-0.15, -0.1) is 0 Å². The van der Waals surface area contributed by atoms with Crippen LogP contribution in [0.2, 0.25) is 0 Å². The van der Waals surface area contributed by atoms with Gasteiger partial charge in [0.25, 0.3) is 0 Å². The lowest BCUT2D eigenvalue weighted by atomic mass is 9.42. The van der Waals surface area contributed by atoms with E-state index in [1.165, 1.54) is 39.8 Å². The van der Waals surface area contributed by atoms with Gasteiger partial charge >= 0.3 is 29.8 Å². The molecule has 2 saturated carbocycles. The molecule has 2 bridgehead atoms. The Hall–Kier alpha value is -2.83. The lowest BCUT2D eigenvalue weighted by Crippen LogP contribution is -2.81. The topological polar surface area (TPSA) is 198 Å². The molecule has 1 heterocycles. The molecular formula is C44H46Cl6O14S. The minimum absolute atomic E-state index is 0.0101. The lowest BCUT2D eigenvalue weighted by molar-refractivity contribution is -0.339. The molecule has 4 aliphatic rings. The number of hydrogen-bond acceptors (Lipinski definition) is 15. The van der Waals surface area contributed by atoms with E-state index in [2.05, 4.69) is 12.6 Å². The van der Waals surface area contributed by atoms with Gasteiger partial charge in [-0.3, -0.25) is 19.2 Å². The summed E-state index contributed by atoms with van der Waals surface area (Å²) >= 11 is 40.5. The maximum atomic E-state index is 16.2. The molecule has 3 aliphatic carbocycles. The molecular weight excluding hydrogens is 997 g/mol. The van der Waals surface area contributed by atoms with Crippen LogP contribution in [0.15, 0.2) is 71.8 Å². The molecule has 3 fully saturated rings. The highest BCUT2D eigenvalue weighted by atomic mass is 35.6. The second kappa shape index (κ2) is 18.9. The number of fused-ring (bicyclic) bond motifs is 5. The van der Waals surface area contributed by atoms with E-state index in [9.17, 15) is 34.2 Å². The van der Waals surface area contributed by atoms with Crippen molar-refractivity contribution in [3.63, 3.8) is 0 Å². The van der Waals surface area contributed by atoms with Crippen molar-refractivity contribution in [3.8, 4) is 0 Å². The number of esters is 5. The summed E-state index contributed by atoms with van der Waals surface area (Å²) in [6.45, 7) is 4.61. The van der Waals surface area contributed by atoms with Crippen LogP contribution in [-0.4, -0.2) is 109 Å². The van der Waals surface area contributed by atoms with Gasteiger partial charge in [0.15, 0.2) is 17.5 Å². The molecule has 2 aromatic carbocycles. The van der Waals surface area contributed by atoms with Crippen LogP contribution in [0.4, 0.5) is 0 Å². The van der Waals surface area contributed by atoms with E-state index in [0.29, 0.717) is 5.56 Å². The van der Waals surface area contributed by atoms with Crippen molar-refractivity contribution < 1.29 is 67.4 Å². The molecule has 2 aromatic rings. The van der Waals surface area contributed by atoms with Gasteiger partial charge in [0.1, 0.15) is 43.0 Å². The first-order chi connectivity index (χ1) is 30.1. The van der Waals surface area contributed by atoms with Crippen LogP contribution < -0.4 is 0 Å². The number of thiol groups is 1. The summed E-state index contributed by atoms with van der Waals surface area (Å²) in [6.07, 6.45) is -7.73. The average Bonchev–Trinajstić information content (AvgIpc) is 3.22. The molecule has 0 aromatic heterocycles. The molecule has 6 rings (SSSR count). The molecule has 14 nitrogen and oxygen atoms in total. The minimum Gasteiger partial charge on any atom is -0.461 e. The number of Topliss-reactive ketones (excluding diaryl/α,β-unsaturated/α-hetero) is 1. The minimum atomic E-state index is -2.56. The number of halogens is 6. The Kier molecular flexibility index (Phi) is 15.0. The summed E-state index contributed by atoms with van der Waals surface area (Å²) in [5, 5.41) is 24.1. The zero-order valence-electron chi connectivity index (χ0n) is 35.4. The predicted molar refractivity (Wildman–Crippen MR) is 241 cm³/mol. The van der Waals surface area contributed by atoms with E-state index >= 15 is 4.79 Å². The second-order valence-corrected chi connectivity index (χ2v) is 23.0. The maximum Gasteiger partial charge on any atom is 0.338 e. The van der Waals surface area contributed by atoms with Crippen LogP contribution in [-0.2, 0) is 52.4 Å². The van der Waals surface area contributed by atoms with Crippen molar-refractivity contribution in [2.24, 2.45) is 28.6 Å². The van der Waals surface area contributed by atoms with E-state index in [1.807, 2.05) is 0 Å². The van der Waals surface area contributed by atoms with Crippen molar-refractivity contribution >= 4 is 118 Å². The summed E-state index contributed by atoms with van der Waals surface area (Å²) in [4.78, 5) is 87.2. The Morgan fingerprint density at radius 2 is 1.43 bits per heavy atom. The molecule has 0 radical (unpaired) electrons. The summed E-state index contributed by atoms with van der Waals surface area (Å²) in [7, 11) is 0. The van der Waals surface area contributed by atoms with Crippen LogP contribution in [0.1, 0.15) is 68.6 Å². The van der Waals surface area contributed by atoms with Crippen LogP contribution >= 0.6 is 82.2 Å². The third-order valence-corrected chi connectivity index (χ3v) is 14.4. The van der Waals surface area contributed by atoms with Crippen LogP contribution in [0, 0.1) is 28.6 Å². The molecule has 11 atom stereocenters. The zero-order valence-corrected chi connectivity index (χ0v) is 40.9. The Morgan fingerprint density at radius 3 is 1.95 bits per heavy atom. The SMILES string of the molecule is CC(=O)O[C@@]12CO[C@@H]1C[C@H](C(=O)OCC(Cl)(Cl)Cl)[C@@]1(C)C(=O)[C@H](C(=O)OCC(Cl)(Cl)Cl)C3=C(C)[C@@H](OC(=O)[C@H](O)[C@@H](S)c4ccccc4)C[C@@](O)([C@@H](OC(=O)c4ccccc4)[C@H]21)C3(C)C. The first-order valence-electron chi connectivity index (χ1n) is 20.2. The maximum absolute atomic E-state index is 16.2. The number of rotatable bonds is 11. The van der Waals surface area contributed by atoms with Crippen molar-refractivity contribution in [2.75, 3.05) is 19.8 Å².